The van der Waals surface area contributed by atoms with Gasteiger partial charge in [-0.2, -0.15) is 0 Å². The molecular weight excluding hydrogens is 143 g/mol. The zero-order chi connectivity index (χ0) is 8.15. The van der Waals surface area contributed by atoms with Gasteiger partial charge in [0.2, 0.25) is 0 Å². The molecule has 0 aliphatic rings. The van der Waals surface area contributed by atoms with Gasteiger partial charge in [-0.1, -0.05) is 12.5 Å². The zero-order valence-electron chi connectivity index (χ0n) is 7.02. The summed E-state index contributed by atoms with van der Waals surface area (Å²) in [6.45, 7) is 6.04. The lowest BCUT2D eigenvalue weighted by Gasteiger charge is -2.10. The van der Waals surface area contributed by atoms with Gasteiger partial charge >= 0.3 is 0 Å². The van der Waals surface area contributed by atoms with Crippen LogP contribution in [0.1, 0.15) is 27.2 Å². The molecule has 1 unspecified atom stereocenters. The Morgan fingerprint density at radius 3 is 2.30 bits per heavy atom. The lowest BCUT2D eigenvalue weighted by Crippen LogP contribution is -2.08. The quantitative estimate of drug-likeness (QED) is 0.494. The van der Waals surface area contributed by atoms with E-state index < -0.39 is 0 Å². The van der Waals surface area contributed by atoms with E-state index in [1.807, 2.05) is 13.8 Å². The molecular formula is C8H17OP. The highest BCUT2D eigenvalue weighted by molar-refractivity contribution is 7.16. The van der Waals surface area contributed by atoms with Crippen molar-refractivity contribution in [3.8, 4) is 0 Å². The Labute approximate surface area is 65.7 Å². The summed E-state index contributed by atoms with van der Waals surface area (Å²) in [5, 5.41) is 9.36. The van der Waals surface area contributed by atoms with Crippen LogP contribution in [0.25, 0.3) is 0 Å². The van der Waals surface area contributed by atoms with Crippen LogP contribution in [-0.2, 0) is 0 Å². The smallest absolute Gasteiger partial charge is 0.0747 e. The molecule has 60 valence electrons. The van der Waals surface area contributed by atoms with E-state index in [0.29, 0.717) is 0 Å². The van der Waals surface area contributed by atoms with Gasteiger partial charge in [-0.05, 0) is 32.0 Å². The van der Waals surface area contributed by atoms with Gasteiger partial charge < -0.3 is 5.11 Å². The molecule has 0 rings (SSSR count). The van der Waals surface area contributed by atoms with Crippen molar-refractivity contribution < 1.29 is 5.11 Å². The molecule has 0 aliphatic heterocycles. The SMILES string of the molecule is CC[C@@H](O)/C(C)=C(/C)CP. The molecule has 0 aromatic carbocycles. The first-order chi connectivity index (χ1) is 4.63. The van der Waals surface area contributed by atoms with Crippen LogP contribution >= 0.6 is 9.24 Å². The van der Waals surface area contributed by atoms with E-state index in [9.17, 15) is 5.11 Å². The summed E-state index contributed by atoms with van der Waals surface area (Å²) in [5.41, 5.74) is 2.40. The fraction of sp³-hybridized carbons (Fsp3) is 0.750. The van der Waals surface area contributed by atoms with Crippen LogP contribution in [0.15, 0.2) is 11.1 Å². The van der Waals surface area contributed by atoms with Crippen molar-refractivity contribution >= 4 is 9.24 Å². The van der Waals surface area contributed by atoms with Crippen LogP contribution in [-0.4, -0.2) is 17.4 Å². The summed E-state index contributed by atoms with van der Waals surface area (Å²) in [6, 6.07) is 0. The fourth-order valence-electron chi connectivity index (χ4n) is 0.752. The molecule has 0 aromatic rings. The number of aliphatic hydroxyl groups is 1. The predicted molar refractivity (Wildman–Crippen MR) is 49.2 cm³/mol. The Hall–Kier alpha value is 0.130. The first-order valence-corrected chi connectivity index (χ1v) is 4.49. The molecule has 0 bridgehead atoms. The minimum atomic E-state index is -0.236. The van der Waals surface area contributed by atoms with Gasteiger partial charge in [-0.25, -0.2) is 0 Å². The van der Waals surface area contributed by atoms with E-state index >= 15 is 0 Å². The highest BCUT2D eigenvalue weighted by Crippen LogP contribution is 2.12. The maximum absolute atomic E-state index is 9.36. The first-order valence-electron chi connectivity index (χ1n) is 3.67. The largest absolute Gasteiger partial charge is 0.389 e. The van der Waals surface area contributed by atoms with Crippen molar-refractivity contribution in [2.24, 2.45) is 0 Å². The van der Waals surface area contributed by atoms with Crippen molar-refractivity contribution in [3.05, 3.63) is 11.1 Å². The molecule has 0 saturated heterocycles. The standard InChI is InChI=1S/C8H17OP/c1-4-8(9)7(3)6(2)5-10/h8-9H,4-5,10H2,1-3H3/b7-6-/t8-/m1/s1. The van der Waals surface area contributed by atoms with Crippen molar-refractivity contribution in [1.82, 2.24) is 0 Å². The van der Waals surface area contributed by atoms with Gasteiger partial charge in [0.1, 0.15) is 0 Å². The Morgan fingerprint density at radius 2 is 2.00 bits per heavy atom. The van der Waals surface area contributed by atoms with E-state index in [1.54, 1.807) is 0 Å². The average Bonchev–Trinajstić information content (AvgIpc) is 2.00. The van der Waals surface area contributed by atoms with E-state index in [-0.39, 0.29) is 6.10 Å². The van der Waals surface area contributed by atoms with Crippen LogP contribution in [0.5, 0.6) is 0 Å². The lowest BCUT2D eigenvalue weighted by atomic mass is 10.1. The van der Waals surface area contributed by atoms with Crippen molar-refractivity contribution in [2.75, 3.05) is 6.16 Å². The molecule has 0 amide bonds. The summed E-state index contributed by atoms with van der Waals surface area (Å²) in [7, 11) is 2.66. The molecule has 0 fully saturated rings. The molecule has 2 heteroatoms. The van der Waals surface area contributed by atoms with Crippen LogP contribution in [0, 0.1) is 0 Å². The van der Waals surface area contributed by atoms with Crippen LogP contribution in [0.2, 0.25) is 0 Å². The molecule has 1 N–H and O–H groups in total. The topological polar surface area (TPSA) is 20.2 Å². The van der Waals surface area contributed by atoms with E-state index in [2.05, 4.69) is 16.2 Å². The van der Waals surface area contributed by atoms with Crippen LogP contribution in [0.4, 0.5) is 0 Å². The second-order valence-corrected chi connectivity index (χ2v) is 3.00. The highest BCUT2D eigenvalue weighted by Gasteiger charge is 2.04. The van der Waals surface area contributed by atoms with Crippen LogP contribution < -0.4 is 0 Å². The Kier molecular flexibility index (Phi) is 4.93. The number of rotatable bonds is 3. The fourth-order valence-corrected chi connectivity index (χ4v) is 1.07. The molecule has 0 aromatic heterocycles. The van der Waals surface area contributed by atoms with Gasteiger partial charge in [-0.15, -0.1) is 9.24 Å². The van der Waals surface area contributed by atoms with Gasteiger partial charge in [0.05, 0.1) is 6.10 Å². The maximum Gasteiger partial charge on any atom is 0.0747 e. The predicted octanol–water partition coefficient (Wildman–Crippen LogP) is 1.97. The Bertz CT molecular complexity index is 129. The minimum Gasteiger partial charge on any atom is -0.389 e. The van der Waals surface area contributed by atoms with E-state index in [1.165, 1.54) is 5.57 Å². The number of allylic oxidation sites excluding steroid dienone is 1. The van der Waals surface area contributed by atoms with Gasteiger partial charge in [0.25, 0.3) is 0 Å². The highest BCUT2D eigenvalue weighted by atomic mass is 31.0. The summed E-state index contributed by atoms with van der Waals surface area (Å²) < 4.78 is 0. The molecule has 0 radical (unpaired) electrons. The molecule has 1 nitrogen and oxygen atoms in total. The van der Waals surface area contributed by atoms with Crippen LogP contribution in [0.3, 0.4) is 0 Å². The van der Waals surface area contributed by atoms with Gasteiger partial charge in [-0.3, -0.25) is 0 Å². The lowest BCUT2D eigenvalue weighted by molar-refractivity contribution is 0.205. The molecule has 0 heterocycles. The van der Waals surface area contributed by atoms with Crippen molar-refractivity contribution in [3.63, 3.8) is 0 Å². The second kappa shape index (κ2) is 4.87. The van der Waals surface area contributed by atoms with Gasteiger partial charge in [0, 0.05) is 0 Å². The van der Waals surface area contributed by atoms with Crippen molar-refractivity contribution in [1.29, 1.82) is 0 Å². The monoisotopic (exact) mass is 160 g/mol. The zero-order valence-corrected chi connectivity index (χ0v) is 8.17. The average molecular weight is 160 g/mol. The van der Waals surface area contributed by atoms with Gasteiger partial charge in [0.15, 0.2) is 0 Å². The molecule has 0 spiro atoms. The number of hydrogen-bond acceptors (Lipinski definition) is 1. The normalized spacial score (nSPS) is 16.5. The summed E-state index contributed by atoms with van der Waals surface area (Å²) in [5.74, 6) is 0. The summed E-state index contributed by atoms with van der Waals surface area (Å²) >= 11 is 0. The summed E-state index contributed by atoms with van der Waals surface area (Å²) in [6.07, 6.45) is 1.54. The Morgan fingerprint density at radius 1 is 1.50 bits per heavy atom. The molecule has 10 heavy (non-hydrogen) atoms. The van der Waals surface area contributed by atoms with Crippen molar-refractivity contribution in [2.45, 2.75) is 33.3 Å². The third kappa shape index (κ3) is 2.81. The third-order valence-corrected chi connectivity index (χ3v) is 2.48. The van der Waals surface area contributed by atoms with E-state index in [4.69, 9.17) is 0 Å². The first kappa shape index (κ1) is 10.1. The second-order valence-electron chi connectivity index (χ2n) is 2.59. The minimum absolute atomic E-state index is 0.236. The maximum atomic E-state index is 9.36. The number of hydrogen-bond donors (Lipinski definition) is 1. The van der Waals surface area contributed by atoms with E-state index in [0.717, 1.165) is 18.2 Å². The molecule has 2 atom stereocenters. The molecule has 0 saturated carbocycles. The Balaban J connectivity index is 4.15. The summed E-state index contributed by atoms with van der Waals surface area (Å²) in [4.78, 5) is 0. The third-order valence-electron chi connectivity index (χ3n) is 1.87. The number of aliphatic hydroxyl groups excluding tert-OH is 1. The molecule has 0 aliphatic carbocycles.